The summed E-state index contributed by atoms with van der Waals surface area (Å²) in [5.74, 6) is 0.00222. The molecule has 0 unspecified atom stereocenters. The van der Waals surface area contributed by atoms with E-state index in [2.05, 4.69) is 5.32 Å². The van der Waals surface area contributed by atoms with Gasteiger partial charge in [-0.2, -0.15) is 0 Å². The molecule has 2 aromatic rings. The number of aryl methyl sites for hydroxylation is 1. The number of carbonyl (C=O) groups excluding carboxylic acids is 2. The van der Waals surface area contributed by atoms with Gasteiger partial charge in [-0.05, 0) is 25.5 Å². The number of likely N-dealkylation sites (N-methyl/N-ethyl adjacent to an activating group) is 1. The van der Waals surface area contributed by atoms with Crippen LogP contribution in [0.5, 0.6) is 0 Å². The SMILES string of the molecule is Cc1cc(=O)c2ccccc2n1CC(=O)N[C@@H]1CCC(=O)N(C)C1. The van der Waals surface area contributed by atoms with E-state index < -0.39 is 0 Å². The Labute approximate surface area is 140 Å². The van der Waals surface area contributed by atoms with Crippen molar-refractivity contribution in [1.29, 1.82) is 0 Å². The molecule has 126 valence electrons. The summed E-state index contributed by atoms with van der Waals surface area (Å²) in [6.45, 7) is 2.52. The van der Waals surface area contributed by atoms with Crippen molar-refractivity contribution < 1.29 is 9.59 Å². The molecule has 1 saturated heterocycles. The molecule has 1 aromatic carbocycles. The molecule has 2 heterocycles. The zero-order valence-electron chi connectivity index (χ0n) is 13.9. The maximum Gasteiger partial charge on any atom is 0.240 e. The number of hydrogen-bond acceptors (Lipinski definition) is 3. The fourth-order valence-corrected chi connectivity index (χ4v) is 3.21. The van der Waals surface area contributed by atoms with E-state index >= 15 is 0 Å². The predicted molar refractivity (Wildman–Crippen MR) is 91.7 cm³/mol. The van der Waals surface area contributed by atoms with Gasteiger partial charge in [-0.3, -0.25) is 14.4 Å². The van der Waals surface area contributed by atoms with Gasteiger partial charge in [0.1, 0.15) is 6.54 Å². The number of pyridine rings is 1. The van der Waals surface area contributed by atoms with Crippen LogP contribution in [0.4, 0.5) is 0 Å². The smallest absolute Gasteiger partial charge is 0.240 e. The number of rotatable bonds is 3. The van der Waals surface area contributed by atoms with Gasteiger partial charge in [-0.25, -0.2) is 0 Å². The van der Waals surface area contributed by atoms with E-state index in [1.54, 1.807) is 24.1 Å². The number of fused-ring (bicyclic) bond motifs is 1. The van der Waals surface area contributed by atoms with Crippen LogP contribution >= 0.6 is 0 Å². The lowest BCUT2D eigenvalue weighted by Crippen LogP contribution is -2.49. The van der Waals surface area contributed by atoms with Gasteiger partial charge in [-0.15, -0.1) is 0 Å². The molecule has 1 N–H and O–H groups in total. The molecule has 0 radical (unpaired) electrons. The first-order valence-electron chi connectivity index (χ1n) is 8.08. The Hall–Kier alpha value is -2.63. The van der Waals surface area contributed by atoms with Gasteiger partial charge in [0.05, 0.1) is 5.52 Å². The number of hydrogen-bond donors (Lipinski definition) is 1. The molecule has 0 spiro atoms. The van der Waals surface area contributed by atoms with Crippen molar-refractivity contribution >= 4 is 22.7 Å². The molecule has 1 aliphatic rings. The van der Waals surface area contributed by atoms with Crippen LogP contribution in [0.2, 0.25) is 0 Å². The predicted octanol–water partition coefficient (Wildman–Crippen LogP) is 1.05. The second-order valence-corrected chi connectivity index (χ2v) is 6.33. The maximum absolute atomic E-state index is 12.4. The molecule has 1 aliphatic heterocycles. The molecule has 24 heavy (non-hydrogen) atoms. The minimum Gasteiger partial charge on any atom is -0.350 e. The first-order chi connectivity index (χ1) is 11.5. The summed E-state index contributed by atoms with van der Waals surface area (Å²) in [6.07, 6.45) is 1.13. The van der Waals surface area contributed by atoms with E-state index in [0.29, 0.717) is 24.8 Å². The number of aromatic nitrogens is 1. The lowest BCUT2D eigenvalue weighted by molar-refractivity contribution is -0.134. The molecule has 2 amide bonds. The van der Waals surface area contributed by atoms with Crippen LogP contribution in [0.1, 0.15) is 18.5 Å². The Kier molecular flexibility index (Phi) is 4.38. The summed E-state index contributed by atoms with van der Waals surface area (Å²) in [6, 6.07) is 8.83. The third-order valence-corrected chi connectivity index (χ3v) is 4.52. The third kappa shape index (κ3) is 3.18. The van der Waals surface area contributed by atoms with Crippen molar-refractivity contribution in [1.82, 2.24) is 14.8 Å². The van der Waals surface area contributed by atoms with Crippen molar-refractivity contribution in [2.45, 2.75) is 32.4 Å². The number of benzene rings is 1. The fourth-order valence-electron chi connectivity index (χ4n) is 3.21. The van der Waals surface area contributed by atoms with E-state index in [1.807, 2.05) is 29.7 Å². The molecule has 1 atom stereocenters. The first-order valence-corrected chi connectivity index (χ1v) is 8.08. The number of amides is 2. The Morgan fingerprint density at radius 3 is 2.79 bits per heavy atom. The molecule has 1 aromatic heterocycles. The first kappa shape index (κ1) is 16.2. The summed E-state index contributed by atoms with van der Waals surface area (Å²) in [7, 11) is 1.75. The van der Waals surface area contributed by atoms with Crippen LogP contribution < -0.4 is 10.7 Å². The zero-order chi connectivity index (χ0) is 17.3. The number of para-hydroxylation sites is 1. The Morgan fingerprint density at radius 2 is 2.04 bits per heavy atom. The number of carbonyl (C=O) groups is 2. The Balaban J connectivity index is 1.79. The van der Waals surface area contributed by atoms with Crippen molar-refractivity contribution in [2.75, 3.05) is 13.6 Å². The fraction of sp³-hybridized carbons (Fsp3) is 0.389. The van der Waals surface area contributed by atoms with Crippen LogP contribution in [0.15, 0.2) is 35.1 Å². The molecule has 0 bridgehead atoms. The van der Waals surface area contributed by atoms with Crippen LogP contribution in [0.3, 0.4) is 0 Å². The van der Waals surface area contributed by atoms with Crippen LogP contribution in [-0.4, -0.2) is 40.9 Å². The van der Waals surface area contributed by atoms with Crippen LogP contribution in [-0.2, 0) is 16.1 Å². The second kappa shape index (κ2) is 6.47. The van der Waals surface area contributed by atoms with Crippen molar-refractivity contribution in [3.63, 3.8) is 0 Å². The maximum atomic E-state index is 12.4. The third-order valence-electron chi connectivity index (χ3n) is 4.52. The molecule has 0 aliphatic carbocycles. The molecule has 0 saturated carbocycles. The Morgan fingerprint density at radius 1 is 1.29 bits per heavy atom. The average molecular weight is 327 g/mol. The molecule has 6 heteroatoms. The topological polar surface area (TPSA) is 71.4 Å². The quantitative estimate of drug-likeness (QED) is 0.916. The lowest BCUT2D eigenvalue weighted by atomic mass is 10.1. The highest BCUT2D eigenvalue weighted by atomic mass is 16.2. The summed E-state index contributed by atoms with van der Waals surface area (Å²) in [5.41, 5.74) is 1.48. The van der Waals surface area contributed by atoms with Crippen molar-refractivity contribution in [3.05, 3.63) is 46.2 Å². The van der Waals surface area contributed by atoms with E-state index in [9.17, 15) is 14.4 Å². The van der Waals surface area contributed by atoms with E-state index in [1.165, 1.54) is 0 Å². The number of piperidine rings is 1. The minimum absolute atomic E-state index is 0.0221. The second-order valence-electron chi connectivity index (χ2n) is 6.33. The molecule has 3 rings (SSSR count). The largest absolute Gasteiger partial charge is 0.350 e. The highest BCUT2D eigenvalue weighted by Gasteiger charge is 2.24. The minimum atomic E-state index is -0.111. The van der Waals surface area contributed by atoms with Gasteiger partial charge < -0.3 is 14.8 Å². The normalized spacial score (nSPS) is 18.0. The van der Waals surface area contributed by atoms with Gasteiger partial charge in [0.25, 0.3) is 0 Å². The van der Waals surface area contributed by atoms with Gasteiger partial charge >= 0.3 is 0 Å². The molecular formula is C18H21N3O3. The summed E-state index contributed by atoms with van der Waals surface area (Å²) in [5, 5.41) is 3.60. The lowest BCUT2D eigenvalue weighted by Gasteiger charge is -2.30. The summed E-state index contributed by atoms with van der Waals surface area (Å²) in [4.78, 5) is 37.7. The van der Waals surface area contributed by atoms with E-state index in [-0.39, 0.29) is 29.8 Å². The molecule has 1 fully saturated rings. The van der Waals surface area contributed by atoms with Gasteiger partial charge in [-0.1, -0.05) is 12.1 Å². The van der Waals surface area contributed by atoms with Crippen LogP contribution in [0.25, 0.3) is 10.9 Å². The number of likely N-dealkylation sites (tertiary alicyclic amines) is 1. The monoisotopic (exact) mass is 327 g/mol. The highest BCUT2D eigenvalue weighted by Crippen LogP contribution is 2.13. The highest BCUT2D eigenvalue weighted by molar-refractivity contribution is 5.83. The van der Waals surface area contributed by atoms with Gasteiger partial charge in [0.15, 0.2) is 5.43 Å². The van der Waals surface area contributed by atoms with E-state index in [0.717, 1.165) is 11.2 Å². The van der Waals surface area contributed by atoms with E-state index in [4.69, 9.17) is 0 Å². The standard InChI is InChI=1S/C18H21N3O3/c1-12-9-16(22)14-5-3-4-6-15(14)21(12)11-17(23)19-13-7-8-18(24)20(2)10-13/h3-6,9,13H,7-8,10-11H2,1-2H3,(H,19,23)/t13-/m1/s1. The van der Waals surface area contributed by atoms with Crippen molar-refractivity contribution in [3.8, 4) is 0 Å². The number of nitrogens with zero attached hydrogens (tertiary/aromatic N) is 2. The molecule has 6 nitrogen and oxygen atoms in total. The zero-order valence-corrected chi connectivity index (χ0v) is 13.9. The summed E-state index contributed by atoms with van der Waals surface area (Å²) < 4.78 is 1.85. The summed E-state index contributed by atoms with van der Waals surface area (Å²) >= 11 is 0. The molecular weight excluding hydrogens is 306 g/mol. The number of nitrogens with one attached hydrogen (secondary N) is 1. The van der Waals surface area contributed by atoms with Crippen molar-refractivity contribution in [2.24, 2.45) is 0 Å². The van der Waals surface area contributed by atoms with Gasteiger partial charge in [0, 0.05) is 43.2 Å². The van der Waals surface area contributed by atoms with Gasteiger partial charge in [0.2, 0.25) is 11.8 Å². The van der Waals surface area contributed by atoms with Crippen LogP contribution in [0, 0.1) is 6.92 Å². The average Bonchev–Trinajstić information content (AvgIpc) is 2.55. The Bertz CT molecular complexity index is 856.